The van der Waals surface area contributed by atoms with Crippen molar-refractivity contribution in [1.82, 2.24) is 14.1 Å². The van der Waals surface area contributed by atoms with E-state index in [4.69, 9.17) is 9.84 Å². The van der Waals surface area contributed by atoms with Crippen molar-refractivity contribution in [2.24, 2.45) is 11.8 Å². The molecule has 1 aliphatic heterocycles. The van der Waals surface area contributed by atoms with E-state index in [2.05, 4.69) is 66.2 Å². The number of hydrogen-bond donors (Lipinski definition) is 0. The normalized spacial score (nSPS) is 20.5. The van der Waals surface area contributed by atoms with Crippen molar-refractivity contribution in [2.45, 2.75) is 44.4 Å². The van der Waals surface area contributed by atoms with Gasteiger partial charge >= 0.3 is 0 Å². The molecule has 1 saturated heterocycles. The van der Waals surface area contributed by atoms with Crippen molar-refractivity contribution < 1.29 is 4.74 Å². The molecule has 1 aromatic carbocycles. The number of ether oxygens (including phenoxy) is 1. The zero-order chi connectivity index (χ0) is 19.7. The third-order valence-corrected chi connectivity index (χ3v) is 7.35. The Bertz CT molecular complexity index is 933. The molecule has 28 heavy (non-hydrogen) atoms. The Hall–Kier alpha value is -1.50. The summed E-state index contributed by atoms with van der Waals surface area (Å²) in [5.74, 6) is 1.17. The molecule has 0 unspecified atom stereocenters. The van der Waals surface area contributed by atoms with Crippen LogP contribution in [0.3, 0.4) is 0 Å². The van der Waals surface area contributed by atoms with E-state index >= 15 is 0 Å². The van der Waals surface area contributed by atoms with Gasteiger partial charge in [-0.05, 0) is 55.3 Å². The summed E-state index contributed by atoms with van der Waals surface area (Å²) in [6.45, 7) is 11.7. The molecule has 2 atom stereocenters. The maximum atomic E-state index is 5.62. The first-order valence-electron chi connectivity index (χ1n) is 10.2. The van der Waals surface area contributed by atoms with Crippen LogP contribution in [0.1, 0.15) is 39.4 Å². The molecule has 4 nitrogen and oxygen atoms in total. The van der Waals surface area contributed by atoms with Crippen LogP contribution in [0.4, 0.5) is 0 Å². The molecule has 150 valence electrons. The van der Waals surface area contributed by atoms with Crippen LogP contribution < -0.4 is 4.74 Å². The highest BCUT2D eigenvalue weighted by Gasteiger charge is 2.33. The SMILES string of the molecule is CCOc1ccc(SN2C[C@@H](C)[C@@H](n3nc(CC(C)C)c4ccccc43)C2)s1. The van der Waals surface area contributed by atoms with Crippen molar-refractivity contribution in [1.29, 1.82) is 0 Å². The number of nitrogens with zero attached hydrogens (tertiary/aromatic N) is 3. The van der Waals surface area contributed by atoms with Gasteiger partial charge in [-0.1, -0.05) is 50.3 Å². The third-order valence-electron chi connectivity index (χ3n) is 5.21. The van der Waals surface area contributed by atoms with Gasteiger partial charge in [-0.25, -0.2) is 4.31 Å². The minimum atomic E-state index is 0.407. The van der Waals surface area contributed by atoms with Crippen molar-refractivity contribution in [2.75, 3.05) is 19.7 Å². The van der Waals surface area contributed by atoms with E-state index in [1.54, 1.807) is 11.3 Å². The number of para-hydroxylation sites is 1. The summed E-state index contributed by atoms with van der Waals surface area (Å²) in [6, 6.07) is 13.4. The monoisotopic (exact) mass is 415 g/mol. The van der Waals surface area contributed by atoms with E-state index in [9.17, 15) is 0 Å². The first kappa shape index (κ1) is 19.8. The van der Waals surface area contributed by atoms with Crippen molar-refractivity contribution in [3.05, 3.63) is 42.1 Å². The van der Waals surface area contributed by atoms with Gasteiger partial charge < -0.3 is 4.74 Å². The second-order valence-corrected chi connectivity index (χ2v) is 10.4. The summed E-state index contributed by atoms with van der Waals surface area (Å²) in [5.41, 5.74) is 2.51. The number of benzene rings is 1. The standard InChI is InChI=1S/C22H29N3OS2/c1-5-26-21-10-11-22(27-21)28-24-13-16(4)20(14-24)25-19-9-7-6-8-17(19)18(23-25)12-15(2)3/h6-11,15-16,20H,5,12-14H2,1-4H3/t16-,20+/m1/s1. The van der Waals surface area contributed by atoms with Crippen LogP contribution in [-0.2, 0) is 6.42 Å². The maximum absolute atomic E-state index is 5.62. The molecule has 6 heteroatoms. The van der Waals surface area contributed by atoms with Gasteiger partial charge in [-0.2, -0.15) is 5.10 Å². The van der Waals surface area contributed by atoms with Gasteiger partial charge in [0, 0.05) is 18.5 Å². The molecule has 0 amide bonds. The van der Waals surface area contributed by atoms with Crippen LogP contribution in [-0.4, -0.2) is 33.8 Å². The minimum absolute atomic E-state index is 0.407. The molecule has 0 N–H and O–H groups in total. The van der Waals surface area contributed by atoms with Gasteiger partial charge in [0.1, 0.15) is 0 Å². The minimum Gasteiger partial charge on any atom is -0.484 e. The molecule has 0 radical (unpaired) electrons. The highest BCUT2D eigenvalue weighted by Crippen LogP contribution is 2.40. The molecule has 4 rings (SSSR count). The zero-order valence-electron chi connectivity index (χ0n) is 17.1. The molecular formula is C22H29N3OS2. The van der Waals surface area contributed by atoms with Crippen molar-refractivity contribution in [3.8, 4) is 5.06 Å². The quantitative estimate of drug-likeness (QED) is 0.450. The lowest BCUT2D eigenvalue weighted by Crippen LogP contribution is -2.18. The molecule has 0 spiro atoms. The predicted octanol–water partition coefficient (Wildman–Crippen LogP) is 5.90. The van der Waals surface area contributed by atoms with Crippen molar-refractivity contribution >= 4 is 34.2 Å². The smallest absolute Gasteiger partial charge is 0.174 e. The molecule has 0 saturated carbocycles. The van der Waals surface area contributed by atoms with Crippen LogP contribution in [0.5, 0.6) is 5.06 Å². The van der Waals surface area contributed by atoms with Crippen LogP contribution in [0.2, 0.25) is 0 Å². The van der Waals surface area contributed by atoms with Crippen LogP contribution in [0, 0.1) is 11.8 Å². The van der Waals surface area contributed by atoms with E-state index < -0.39 is 0 Å². The van der Waals surface area contributed by atoms with Crippen LogP contribution in [0.15, 0.2) is 40.6 Å². The van der Waals surface area contributed by atoms with Crippen LogP contribution in [0.25, 0.3) is 10.9 Å². The molecule has 1 aliphatic rings. The highest BCUT2D eigenvalue weighted by atomic mass is 32.2. The van der Waals surface area contributed by atoms with E-state index in [1.165, 1.54) is 20.8 Å². The summed E-state index contributed by atoms with van der Waals surface area (Å²) in [7, 11) is 0. The van der Waals surface area contributed by atoms with E-state index in [-0.39, 0.29) is 0 Å². The second kappa shape index (κ2) is 8.47. The molecular weight excluding hydrogens is 386 g/mol. The highest BCUT2D eigenvalue weighted by molar-refractivity contribution is 7.99. The Morgan fingerprint density at radius 2 is 2.04 bits per heavy atom. The second-order valence-electron chi connectivity index (χ2n) is 8.00. The Morgan fingerprint density at radius 1 is 1.21 bits per heavy atom. The first-order valence-corrected chi connectivity index (χ1v) is 11.8. The first-order chi connectivity index (χ1) is 13.5. The van der Waals surface area contributed by atoms with Gasteiger partial charge in [0.2, 0.25) is 0 Å². The zero-order valence-corrected chi connectivity index (χ0v) is 18.7. The molecule has 2 aromatic heterocycles. The van der Waals surface area contributed by atoms with Crippen molar-refractivity contribution in [3.63, 3.8) is 0 Å². The lowest BCUT2D eigenvalue weighted by molar-refractivity contribution is 0.350. The number of hydrogen-bond acceptors (Lipinski definition) is 5. The summed E-state index contributed by atoms with van der Waals surface area (Å²) < 4.78 is 11.7. The lowest BCUT2D eigenvalue weighted by atomic mass is 10.0. The maximum Gasteiger partial charge on any atom is 0.174 e. The van der Waals surface area contributed by atoms with E-state index in [1.807, 2.05) is 18.9 Å². The number of thiophene rings is 1. The average molecular weight is 416 g/mol. The van der Waals surface area contributed by atoms with E-state index in [0.717, 1.165) is 31.2 Å². The molecule has 1 fully saturated rings. The Labute approximate surface area is 176 Å². The fourth-order valence-electron chi connectivity index (χ4n) is 3.94. The summed E-state index contributed by atoms with van der Waals surface area (Å²) in [5, 5.41) is 7.41. The third kappa shape index (κ3) is 4.09. The van der Waals surface area contributed by atoms with Gasteiger partial charge in [0.05, 0.1) is 28.1 Å². The topological polar surface area (TPSA) is 30.3 Å². The predicted molar refractivity (Wildman–Crippen MR) is 119 cm³/mol. The number of aromatic nitrogens is 2. The lowest BCUT2D eigenvalue weighted by Gasteiger charge is -2.16. The van der Waals surface area contributed by atoms with Gasteiger partial charge in [0.15, 0.2) is 5.06 Å². The molecule has 3 heterocycles. The number of fused-ring (bicyclic) bond motifs is 1. The van der Waals surface area contributed by atoms with E-state index in [0.29, 0.717) is 17.9 Å². The fraction of sp³-hybridized carbons (Fsp3) is 0.500. The Kier molecular flexibility index (Phi) is 5.99. The summed E-state index contributed by atoms with van der Waals surface area (Å²) >= 11 is 3.59. The Balaban J connectivity index is 1.54. The van der Waals surface area contributed by atoms with Gasteiger partial charge in [-0.3, -0.25) is 4.68 Å². The largest absolute Gasteiger partial charge is 0.484 e. The number of rotatable bonds is 7. The Morgan fingerprint density at radius 3 is 2.82 bits per heavy atom. The van der Waals surface area contributed by atoms with Gasteiger partial charge in [0.25, 0.3) is 0 Å². The van der Waals surface area contributed by atoms with Gasteiger partial charge in [-0.15, -0.1) is 0 Å². The molecule has 0 bridgehead atoms. The fourth-order valence-corrected chi connectivity index (χ4v) is 6.22. The summed E-state index contributed by atoms with van der Waals surface area (Å²) in [6.07, 6.45) is 1.03. The summed E-state index contributed by atoms with van der Waals surface area (Å²) in [4.78, 5) is 0. The average Bonchev–Trinajstić information content (AvgIpc) is 3.34. The molecule has 3 aromatic rings. The molecule has 0 aliphatic carbocycles. The van der Waals surface area contributed by atoms with Crippen LogP contribution >= 0.6 is 23.3 Å².